The summed E-state index contributed by atoms with van der Waals surface area (Å²) in [5.41, 5.74) is 2.81. The highest BCUT2D eigenvalue weighted by molar-refractivity contribution is 7.91. The SMILES string of the molecule is O=C(CNC(=O)C(F)(F)F)c1ccc(CN(C(=O)N2CCS(=O)(=O)CC2)c2ccc(CN3CCN(C4COC4)CC3)cc2)c(F)c1.O=C(N1CCS(=O)(=O)CC1)N(Cc1ccc(-c2nnc(C(F)(F)F)o2)cc1F)c1ccc(CN2CCN(C3COC3)CC2)cc1. The van der Waals surface area contributed by atoms with E-state index in [1.807, 2.05) is 24.3 Å². The molecule has 0 atom stereocenters. The molecule has 5 amide bonds. The van der Waals surface area contributed by atoms with Gasteiger partial charge in [-0.25, -0.2) is 35.2 Å². The Bertz CT molecular complexity index is 3610. The number of benzene rings is 4. The molecule has 0 spiro atoms. The van der Waals surface area contributed by atoms with E-state index in [-0.39, 0.29) is 84.5 Å². The molecule has 0 saturated carbocycles. The number of ketones is 1. The van der Waals surface area contributed by atoms with E-state index in [1.165, 1.54) is 49.2 Å². The number of hydrogen-bond donors (Lipinski definition) is 1. The Morgan fingerprint density at radius 2 is 0.978 bits per heavy atom. The number of alkyl halides is 6. The minimum absolute atomic E-state index is 0.00876. The first-order valence-corrected chi connectivity index (χ1v) is 33.0. The maximum absolute atomic E-state index is 15.3. The summed E-state index contributed by atoms with van der Waals surface area (Å²) < 4.78 is 170. The average molecular weight is 1320 g/mol. The second kappa shape index (κ2) is 28.3. The van der Waals surface area contributed by atoms with Gasteiger partial charge in [0, 0.05) is 125 Å². The smallest absolute Gasteiger partial charge is 0.413 e. The third-order valence-corrected chi connectivity index (χ3v) is 20.0. The molecule has 1 N–H and O–H groups in total. The Kier molecular flexibility index (Phi) is 20.8. The molecule has 5 aromatic rings. The summed E-state index contributed by atoms with van der Waals surface area (Å²) in [7, 11) is -6.52. The fourth-order valence-electron chi connectivity index (χ4n) is 11.0. The zero-order chi connectivity index (χ0) is 64.8. The average Bonchev–Trinajstić information content (AvgIpc) is 1.83. The van der Waals surface area contributed by atoms with E-state index in [9.17, 15) is 62.4 Å². The summed E-state index contributed by atoms with van der Waals surface area (Å²) in [4.78, 5) is 65.8. The third kappa shape index (κ3) is 17.3. The molecule has 0 unspecified atom stereocenters. The Hall–Kier alpha value is -7.20. The summed E-state index contributed by atoms with van der Waals surface area (Å²) in [6, 6.07) is 21.6. The molecule has 492 valence electrons. The van der Waals surface area contributed by atoms with Crippen LogP contribution in [0.3, 0.4) is 0 Å². The predicted octanol–water partition coefficient (Wildman–Crippen LogP) is 5.33. The van der Waals surface area contributed by atoms with E-state index in [0.717, 1.165) is 109 Å². The van der Waals surface area contributed by atoms with Crippen LogP contribution >= 0.6 is 0 Å². The quantitative estimate of drug-likeness (QED) is 0.0972. The van der Waals surface area contributed by atoms with Gasteiger partial charge in [0.25, 0.3) is 0 Å². The van der Waals surface area contributed by atoms with Gasteiger partial charge in [0.2, 0.25) is 5.89 Å². The fraction of sp³-hybridized carbons (Fsp3) is 0.492. The van der Waals surface area contributed by atoms with Crippen molar-refractivity contribution in [1.29, 1.82) is 0 Å². The van der Waals surface area contributed by atoms with Crippen molar-refractivity contribution in [3.8, 4) is 11.5 Å². The second-order valence-electron chi connectivity index (χ2n) is 23.0. The van der Waals surface area contributed by atoms with E-state index in [2.05, 4.69) is 34.2 Å². The number of carbonyl (C=O) groups excluding carboxylic acids is 4. The monoisotopic (exact) mass is 1320 g/mol. The maximum atomic E-state index is 15.3. The van der Waals surface area contributed by atoms with Gasteiger partial charge in [-0.15, -0.1) is 10.2 Å². The lowest BCUT2D eigenvalue weighted by Gasteiger charge is -2.42. The zero-order valence-electron chi connectivity index (χ0n) is 49.2. The molecular weight excluding hydrogens is 1250 g/mol. The molecule has 11 rings (SSSR count). The Morgan fingerprint density at radius 3 is 1.35 bits per heavy atom. The molecule has 6 saturated heterocycles. The molecule has 4 aromatic carbocycles. The van der Waals surface area contributed by atoms with Gasteiger partial charge in [-0.1, -0.05) is 42.5 Å². The number of nitrogens with one attached hydrogen (secondary N) is 1. The Labute approximate surface area is 519 Å². The number of halogens is 8. The molecule has 6 fully saturated rings. The summed E-state index contributed by atoms with van der Waals surface area (Å²) in [6.07, 6.45) is -10.0. The number of urea groups is 2. The van der Waals surface area contributed by atoms with Crippen molar-refractivity contribution in [3.05, 3.63) is 130 Å². The Morgan fingerprint density at radius 1 is 0.549 bits per heavy atom. The number of amides is 5. The summed E-state index contributed by atoms with van der Waals surface area (Å²) >= 11 is 0. The lowest BCUT2D eigenvalue weighted by molar-refractivity contribution is -0.173. The van der Waals surface area contributed by atoms with Crippen molar-refractivity contribution in [1.82, 2.24) is 44.9 Å². The molecular formula is C59H67F8N11O11S2. The zero-order valence-corrected chi connectivity index (χ0v) is 50.9. The van der Waals surface area contributed by atoms with E-state index >= 15 is 8.78 Å². The van der Waals surface area contributed by atoms with Crippen molar-refractivity contribution in [3.63, 3.8) is 0 Å². The van der Waals surface area contributed by atoms with Crippen molar-refractivity contribution in [2.45, 2.75) is 50.6 Å². The lowest BCUT2D eigenvalue weighted by atomic mass is 10.1. The highest BCUT2D eigenvalue weighted by Crippen LogP contribution is 2.32. The van der Waals surface area contributed by atoms with Crippen LogP contribution in [0, 0.1) is 11.6 Å². The number of nitrogens with zero attached hydrogens (tertiary/aromatic N) is 10. The number of hydrogen-bond acceptors (Lipinski definition) is 17. The Balaban J connectivity index is 0.000000200. The van der Waals surface area contributed by atoms with Crippen molar-refractivity contribution < 1.29 is 85.0 Å². The largest absolute Gasteiger partial charge is 0.471 e. The number of sulfone groups is 2. The number of anilines is 2. The van der Waals surface area contributed by atoms with Gasteiger partial charge in [-0.2, -0.15) is 26.3 Å². The molecule has 0 radical (unpaired) electrons. The topological polar surface area (TPSA) is 232 Å². The van der Waals surface area contributed by atoms with Crippen LogP contribution in [0.15, 0.2) is 89.3 Å². The van der Waals surface area contributed by atoms with E-state index < -0.39 is 85.7 Å². The van der Waals surface area contributed by atoms with Gasteiger partial charge in [-0.3, -0.25) is 39.0 Å². The van der Waals surface area contributed by atoms with Gasteiger partial charge < -0.3 is 29.0 Å². The number of carbonyl (C=O) groups is 4. The maximum Gasteiger partial charge on any atom is 0.471 e. The summed E-state index contributed by atoms with van der Waals surface area (Å²) in [5.74, 6) is -7.64. The van der Waals surface area contributed by atoms with Crippen molar-refractivity contribution in [2.75, 3.05) is 144 Å². The van der Waals surface area contributed by atoms with Crippen LogP contribution in [0.1, 0.15) is 38.5 Å². The first-order chi connectivity index (χ1) is 43.2. The molecule has 0 aliphatic carbocycles. The molecule has 6 aliphatic rings. The van der Waals surface area contributed by atoms with Crippen LogP contribution in [-0.2, 0) is 66.3 Å². The first kappa shape index (κ1) is 66.7. The number of aromatic nitrogens is 2. The minimum atomic E-state index is -5.16. The van der Waals surface area contributed by atoms with Crippen molar-refractivity contribution in [2.24, 2.45) is 0 Å². The van der Waals surface area contributed by atoms with E-state index in [4.69, 9.17) is 9.47 Å². The van der Waals surface area contributed by atoms with Crippen LogP contribution < -0.4 is 15.1 Å². The predicted molar refractivity (Wildman–Crippen MR) is 314 cm³/mol. The summed E-state index contributed by atoms with van der Waals surface area (Å²) in [6.45, 7) is 10.6. The van der Waals surface area contributed by atoms with Gasteiger partial charge in [-0.05, 0) is 53.6 Å². The van der Waals surface area contributed by atoms with Gasteiger partial charge in [0.1, 0.15) is 11.6 Å². The normalized spacial score (nSPS) is 19.6. The van der Waals surface area contributed by atoms with Crippen LogP contribution in [0.5, 0.6) is 0 Å². The standard InChI is InChI=1S/C30H35F4N5O6S.C29H32F4N6O5S/c31-26-15-22(27(40)16-35-28(41)30(32,33)34)3-4-23(26)18-39(29(42)38-11-13-46(43,44)14-12-38)24-5-1-21(2-6-24)17-36-7-9-37(10-8-36)25-19-45-20-25;30-25-15-21(26-34-35-27(44-26)29(31,32)33)3-4-22(25)17-39(28(40)38-11-13-45(41,42)14-12-38)23-5-1-20(2-6-23)16-36-7-9-37(10-8-36)24-18-43-19-24/h1-6,15,25H,7-14,16-20H2,(H,35,41);1-6,15,24H,7-14,16-19H2. The van der Waals surface area contributed by atoms with Crippen LogP contribution in [-0.4, -0.2) is 233 Å². The van der Waals surface area contributed by atoms with Crippen LogP contribution in [0.2, 0.25) is 0 Å². The minimum Gasteiger partial charge on any atom is -0.413 e. The highest BCUT2D eigenvalue weighted by Gasteiger charge is 2.40. The molecule has 6 aliphatic heterocycles. The first-order valence-electron chi connectivity index (χ1n) is 29.4. The molecule has 0 bridgehead atoms. The van der Waals surface area contributed by atoms with Crippen LogP contribution in [0.25, 0.3) is 11.5 Å². The second-order valence-corrected chi connectivity index (χ2v) is 27.6. The van der Waals surface area contributed by atoms with E-state index in [1.54, 1.807) is 24.3 Å². The van der Waals surface area contributed by atoms with Gasteiger partial charge in [0.15, 0.2) is 25.5 Å². The van der Waals surface area contributed by atoms with Crippen LogP contribution in [0.4, 0.5) is 56.1 Å². The number of rotatable bonds is 16. The van der Waals surface area contributed by atoms with Crippen molar-refractivity contribution >= 4 is 54.8 Å². The lowest BCUT2D eigenvalue weighted by Crippen LogP contribution is -2.56. The fourth-order valence-corrected chi connectivity index (χ4v) is 13.4. The number of Topliss-reactive ketones (excluding diaryl/α,β-unsaturated/α-hetero) is 1. The van der Waals surface area contributed by atoms with Gasteiger partial charge >= 0.3 is 36.2 Å². The molecule has 7 heterocycles. The summed E-state index contributed by atoms with van der Waals surface area (Å²) in [5, 5.41) is 7.80. The third-order valence-electron chi connectivity index (χ3n) is 16.8. The van der Waals surface area contributed by atoms with E-state index in [0.29, 0.717) is 30.0 Å². The molecule has 22 nitrogen and oxygen atoms in total. The van der Waals surface area contributed by atoms with Gasteiger partial charge in [0.05, 0.1) is 81.2 Å². The molecule has 91 heavy (non-hydrogen) atoms. The number of piperazine rings is 2. The number of ether oxygens (including phenoxy) is 2. The molecule has 1 aromatic heterocycles. The molecule has 32 heteroatoms. The highest BCUT2D eigenvalue weighted by atomic mass is 32.2.